The summed E-state index contributed by atoms with van der Waals surface area (Å²) in [6.45, 7) is 7.42. The van der Waals surface area contributed by atoms with E-state index in [2.05, 4.69) is 45.9 Å². The van der Waals surface area contributed by atoms with Crippen molar-refractivity contribution < 1.29 is 9.90 Å². The van der Waals surface area contributed by atoms with Crippen molar-refractivity contribution >= 4 is 28.6 Å². The van der Waals surface area contributed by atoms with Gasteiger partial charge in [0.2, 0.25) is 0 Å². The molecule has 1 aliphatic rings. The van der Waals surface area contributed by atoms with Gasteiger partial charge in [-0.2, -0.15) is 0 Å². The molecule has 1 N–H and O–H groups in total. The van der Waals surface area contributed by atoms with E-state index >= 15 is 0 Å². The molecule has 154 valence electrons. The van der Waals surface area contributed by atoms with Gasteiger partial charge in [-0.15, -0.1) is 0 Å². The molecule has 0 spiro atoms. The van der Waals surface area contributed by atoms with Crippen LogP contribution in [0.25, 0.3) is 11.0 Å². The molecule has 29 heavy (non-hydrogen) atoms. The lowest BCUT2D eigenvalue weighted by atomic mass is 10.2. The van der Waals surface area contributed by atoms with Crippen LogP contribution < -0.4 is 0 Å². The molecule has 2 aromatic carbocycles. The van der Waals surface area contributed by atoms with Crippen molar-refractivity contribution in [1.29, 1.82) is 0 Å². The smallest absolute Gasteiger partial charge is 0.305 e. The van der Waals surface area contributed by atoms with Crippen LogP contribution in [0.2, 0.25) is 5.02 Å². The lowest BCUT2D eigenvalue weighted by molar-refractivity contribution is -0.140. The van der Waals surface area contributed by atoms with Crippen LogP contribution in [0.1, 0.15) is 38.1 Å². The highest BCUT2D eigenvalue weighted by atomic mass is 35.5. The number of imidazole rings is 1. The van der Waals surface area contributed by atoms with Gasteiger partial charge in [0.1, 0.15) is 5.82 Å². The summed E-state index contributed by atoms with van der Waals surface area (Å²) in [5, 5.41) is 8.77. The molecule has 6 heteroatoms. The number of carboxylic acids is 1. The number of rotatable bonds is 5. The zero-order valence-corrected chi connectivity index (χ0v) is 17.8. The van der Waals surface area contributed by atoms with Crippen LogP contribution in [-0.2, 0) is 17.9 Å². The Labute approximate surface area is 176 Å². The Hall–Kier alpha value is -2.37. The van der Waals surface area contributed by atoms with Gasteiger partial charge in [0.25, 0.3) is 0 Å². The number of carbonyl (C=O) groups is 1. The van der Waals surface area contributed by atoms with Crippen molar-refractivity contribution in [3.63, 3.8) is 0 Å². The highest BCUT2D eigenvalue weighted by Gasteiger charge is 2.17. The number of carboxylic acid groups (broad SMARTS) is 1. The number of halogens is 1. The van der Waals surface area contributed by atoms with Crippen molar-refractivity contribution in [3.8, 4) is 0 Å². The van der Waals surface area contributed by atoms with E-state index in [0.29, 0.717) is 0 Å². The van der Waals surface area contributed by atoms with Gasteiger partial charge < -0.3 is 9.67 Å². The van der Waals surface area contributed by atoms with Crippen molar-refractivity contribution in [2.24, 2.45) is 5.92 Å². The second-order valence-corrected chi connectivity index (χ2v) is 8.14. The van der Waals surface area contributed by atoms with Gasteiger partial charge in [0, 0.05) is 11.6 Å². The minimum absolute atomic E-state index is 0.231. The first-order valence-corrected chi connectivity index (χ1v) is 10.5. The van der Waals surface area contributed by atoms with Crippen LogP contribution in [0.3, 0.4) is 0 Å². The Morgan fingerprint density at radius 3 is 2.31 bits per heavy atom. The van der Waals surface area contributed by atoms with Gasteiger partial charge in [-0.3, -0.25) is 9.69 Å². The Balaban J connectivity index is 0.000000353. The molecule has 1 fully saturated rings. The summed E-state index contributed by atoms with van der Waals surface area (Å²) in [4.78, 5) is 17.1. The third kappa shape index (κ3) is 5.81. The van der Waals surface area contributed by atoms with Crippen molar-refractivity contribution in [3.05, 3.63) is 64.9 Å². The van der Waals surface area contributed by atoms with Crippen LogP contribution in [0, 0.1) is 5.92 Å². The first-order chi connectivity index (χ1) is 13.9. The van der Waals surface area contributed by atoms with Crippen molar-refractivity contribution in [2.75, 3.05) is 13.1 Å². The molecule has 0 saturated carbocycles. The molecule has 0 radical (unpaired) electrons. The molecule has 2 heterocycles. The summed E-state index contributed by atoms with van der Waals surface area (Å²) >= 11 is 6.01. The molecule has 1 aliphatic heterocycles. The number of nitrogens with zero attached hydrogens (tertiary/aromatic N) is 3. The average molecular weight is 414 g/mol. The molecule has 0 bridgehead atoms. The van der Waals surface area contributed by atoms with E-state index in [4.69, 9.17) is 21.7 Å². The fourth-order valence-electron chi connectivity index (χ4n) is 3.34. The number of fused-ring (bicyclic) bond motifs is 1. The van der Waals surface area contributed by atoms with Gasteiger partial charge in [-0.05, 0) is 55.8 Å². The number of benzene rings is 2. The minimum Gasteiger partial charge on any atom is -0.481 e. The van der Waals surface area contributed by atoms with Crippen molar-refractivity contribution in [1.82, 2.24) is 14.5 Å². The van der Waals surface area contributed by atoms with Crippen LogP contribution >= 0.6 is 11.6 Å². The van der Waals surface area contributed by atoms with E-state index < -0.39 is 5.97 Å². The quantitative estimate of drug-likeness (QED) is 0.635. The van der Waals surface area contributed by atoms with Gasteiger partial charge in [-0.25, -0.2) is 4.98 Å². The Bertz CT molecular complexity index is 944. The van der Waals surface area contributed by atoms with Crippen molar-refractivity contribution in [2.45, 2.75) is 39.8 Å². The number of para-hydroxylation sites is 2. The maximum Gasteiger partial charge on any atom is 0.305 e. The molecule has 4 rings (SSSR count). The predicted molar refractivity (Wildman–Crippen MR) is 117 cm³/mol. The summed E-state index contributed by atoms with van der Waals surface area (Å²) in [5.74, 6) is 0.183. The number of aliphatic carboxylic acids is 1. The first kappa shape index (κ1) is 21.3. The highest BCUT2D eigenvalue weighted by molar-refractivity contribution is 6.30. The Morgan fingerprint density at radius 1 is 1.07 bits per heavy atom. The first-order valence-electron chi connectivity index (χ1n) is 10.1. The number of hydrogen-bond donors (Lipinski definition) is 1. The van der Waals surface area contributed by atoms with E-state index in [1.165, 1.54) is 37.0 Å². The lowest BCUT2D eigenvalue weighted by Crippen LogP contribution is -2.21. The van der Waals surface area contributed by atoms with E-state index in [1.54, 1.807) is 13.8 Å². The third-order valence-corrected chi connectivity index (χ3v) is 5.30. The maximum absolute atomic E-state index is 9.70. The summed E-state index contributed by atoms with van der Waals surface area (Å²) < 4.78 is 2.34. The summed E-state index contributed by atoms with van der Waals surface area (Å²) in [7, 11) is 0. The summed E-state index contributed by atoms with van der Waals surface area (Å²) in [6.07, 6.45) is 2.61. The normalized spacial score (nSPS) is 14.2. The Kier molecular flexibility index (Phi) is 7.29. The molecule has 0 atom stereocenters. The van der Waals surface area contributed by atoms with Gasteiger partial charge in [-0.1, -0.05) is 49.7 Å². The van der Waals surface area contributed by atoms with Crippen LogP contribution in [0.5, 0.6) is 0 Å². The molecular weight excluding hydrogens is 386 g/mol. The van der Waals surface area contributed by atoms with Gasteiger partial charge >= 0.3 is 5.97 Å². The van der Waals surface area contributed by atoms with E-state index in [1.807, 2.05) is 12.1 Å². The molecular formula is C23H28ClN3O2. The standard InChI is InChI=1S/C19H20ClN3.C4H8O2/c20-16-9-7-15(8-10-16)13-23-18-6-2-1-5-17(18)21-19(23)14-22-11-3-4-12-22;1-3(2)4(5)6/h1-2,5-10H,3-4,11-14H2;3H,1-2H3,(H,5,6). The molecule has 0 amide bonds. The lowest BCUT2D eigenvalue weighted by Gasteiger charge is -2.16. The van der Waals surface area contributed by atoms with E-state index in [0.717, 1.165) is 29.5 Å². The monoisotopic (exact) mass is 413 g/mol. The van der Waals surface area contributed by atoms with E-state index in [-0.39, 0.29) is 5.92 Å². The zero-order valence-electron chi connectivity index (χ0n) is 17.0. The second-order valence-electron chi connectivity index (χ2n) is 7.71. The summed E-state index contributed by atoms with van der Waals surface area (Å²) in [5.41, 5.74) is 3.53. The van der Waals surface area contributed by atoms with E-state index in [9.17, 15) is 4.79 Å². The molecule has 5 nitrogen and oxygen atoms in total. The fourth-order valence-corrected chi connectivity index (χ4v) is 3.46. The molecule has 0 aliphatic carbocycles. The molecule has 1 saturated heterocycles. The number of hydrogen-bond acceptors (Lipinski definition) is 3. The fraction of sp³-hybridized carbons (Fsp3) is 0.391. The average Bonchev–Trinajstić information content (AvgIpc) is 3.33. The largest absolute Gasteiger partial charge is 0.481 e. The molecule has 0 unspecified atom stereocenters. The molecule has 3 aromatic rings. The SMILES string of the molecule is CC(C)C(=O)O.Clc1ccc(Cn2c(CN3CCCC3)nc3ccccc32)cc1. The maximum atomic E-state index is 9.70. The Morgan fingerprint density at radius 2 is 1.69 bits per heavy atom. The second kappa shape index (κ2) is 9.90. The minimum atomic E-state index is -0.741. The van der Waals surface area contributed by atoms with Gasteiger partial charge in [0.15, 0.2) is 0 Å². The zero-order chi connectivity index (χ0) is 20.8. The number of likely N-dealkylation sites (tertiary alicyclic amines) is 1. The highest BCUT2D eigenvalue weighted by Crippen LogP contribution is 2.21. The van der Waals surface area contributed by atoms with Gasteiger partial charge in [0.05, 0.1) is 23.5 Å². The van der Waals surface area contributed by atoms with Crippen LogP contribution in [0.15, 0.2) is 48.5 Å². The van der Waals surface area contributed by atoms with Crippen LogP contribution in [-0.4, -0.2) is 38.6 Å². The summed E-state index contributed by atoms with van der Waals surface area (Å²) in [6, 6.07) is 16.5. The predicted octanol–water partition coefficient (Wildman–Crippen LogP) is 5.06. The third-order valence-electron chi connectivity index (χ3n) is 5.05. The molecule has 1 aromatic heterocycles. The van der Waals surface area contributed by atoms with Crippen LogP contribution in [0.4, 0.5) is 0 Å². The number of aromatic nitrogens is 2. The topological polar surface area (TPSA) is 58.4 Å².